The van der Waals surface area contributed by atoms with E-state index in [0.717, 1.165) is 35.1 Å². The van der Waals surface area contributed by atoms with Gasteiger partial charge in [0.1, 0.15) is 0 Å². The van der Waals surface area contributed by atoms with Crippen molar-refractivity contribution >= 4 is 28.4 Å². The number of aryl methyl sites for hydroxylation is 2. The SMILES string of the molecule is CCCc1cc(=O)[nH]c(S[C@@H](C)C(=O)c2c(C)[nH]c3ccccc23)n1. The average Bonchev–Trinajstić information content (AvgIpc) is 2.89. The third-order valence-electron chi connectivity index (χ3n) is 4.08. The molecule has 0 aliphatic heterocycles. The largest absolute Gasteiger partial charge is 0.358 e. The van der Waals surface area contributed by atoms with Crippen LogP contribution in [0.1, 0.15) is 42.0 Å². The number of ketones is 1. The van der Waals surface area contributed by atoms with Crippen LogP contribution in [0.25, 0.3) is 10.9 Å². The summed E-state index contributed by atoms with van der Waals surface area (Å²) in [5, 5.41) is 1.07. The first-order valence-corrected chi connectivity index (χ1v) is 9.26. The monoisotopic (exact) mass is 355 g/mol. The smallest absolute Gasteiger partial charge is 0.251 e. The zero-order valence-electron chi connectivity index (χ0n) is 14.6. The van der Waals surface area contributed by atoms with Crippen LogP contribution < -0.4 is 5.56 Å². The summed E-state index contributed by atoms with van der Waals surface area (Å²) < 4.78 is 0. The van der Waals surface area contributed by atoms with Crippen LogP contribution in [0.15, 0.2) is 40.3 Å². The fraction of sp³-hybridized carbons (Fsp3) is 0.316. The molecule has 2 aromatic heterocycles. The van der Waals surface area contributed by atoms with Crippen molar-refractivity contribution in [3.05, 3.63) is 57.6 Å². The van der Waals surface area contributed by atoms with Crippen molar-refractivity contribution in [2.45, 2.75) is 44.0 Å². The van der Waals surface area contributed by atoms with E-state index in [9.17, 15) is 9.59 Å². The standard InChI is InChI=1S/C19H21N3O2S/c1-4-7-13-10-16(23)22-19(21-13)25-12(3)18(24)17-11(2)20-15-9-6-5-8-14(15)17/h5-6,8-10,12,20H,4,7H2,1-3H3,(H,21,22,23)/t12-/m0/s1. The lowest BCUT2D eigenvalue weighted by Gasteiger charge is -2.10. The molecule has 0 aliphatic rings. The van der Waals surface area contributed by atoms with E-state index in [2.05, 4.69) is 15.0 Å². The molecule has 2 N–H and O–H groups in total. The number of aromatic amines is 2. The Morgan fingerprint density at radius 3 is 2.80 bits per heavy atom. The van der Waals surface area contributed by atoms with E-state index in [0.29, 0.717) is 10.7 Å². The van der Waals surface area contributed by atoms with Gasteiger partial charge in [-0.25, -0.2) is 4.98 Å². The van der Waals surface area contributed by atoms with Crippen LogP contribution in [0, 0.1) is 6.92 Å². The van der Waals surface area contributed by atoms with E-state index in [1.165, 1.54) is 17.8 Å². The number of thioether (sulfide) groups is 1. The minimum absolute atomic E-state index is 0.0310. The number of nitrogens with zero attached hydrogens (tertiary/aromatic N) is 1. The van der Waals surface area contributed by atoms with Crippen LogP contribution in [-0.4, -0.2) is 26.0 Å². The molecule has 1 atom stereocenters. The van der Waals surface area contributed by atoms with Gasteiger partial charge in [0.15, 0.2) is 10.9 Å². The molecule has 0 spiro atoms. The maximum atomic E-state index is 13.0. The van der Waals surface area contributed by atoms with E-state index < -0.39 is 0 Å². The van der Waals surface area contributed by atoms with Gasteiger partial charge in [0, 0.05) is 33.9 Å². The summed E-state index contributed by atoms with van der Waals surface area (Å²) in [5.41, 5.74) is 3.11. The fourth-order valence-corrected chi connectivity index (χ4v) is 3.83. The topological polar surface area (TPSA) is 78.6 Å². The van der Waals surface area contributed by atoms with E-state index in [1.807, 2.05) is 45.0 Å². The Hall–Kier alpha value is -2.34. The van der Waals surface area contributed by atoms with E-state index >= 15 is 0 Å². The highest BCUT2D eigenvalue weighted by atomic mass is 32.2. The first-order chi connectivity index (χ1) is 12.0. The van der Waals surface area contributed by atoms with Gasteiger partial charge >= 0.3 is 0 Å². The van der Waals surface area contributed by atoms with Gasteiger partial charge in [-0.3, -0.25) is 9.59 Å². The molecule has 0 amide bonds. The van der Waals surface area contributed by atoms with Crippen molar-refractivity contribution < 1.29 is 4.79 Å². The Morgan fingerprint density at radius 1 is 1.28 bits per heavy atom. The molecule has 0 radical (unpaired) electrons. The second-order valence-electron chi connectivity index (χ2n) is 6.09. The van der Waals surface area contributed by atoms with Crippen LogP contribution in [0.2, 0.25) is 0 Å². The number of aromatic nitrogens is 3. The summed E-state index contributed by atoms with van der Waals surface area (Å²) in [7, 11) is 0. The molecule has 2 heterocycles. The van der Waals surface area contributed by atoms with Crippen LogP contribution >= 0.6 is 11.8 Å². The van der Waals surface area contributed by atoms with Crippen molar-refractivity contribution in [1.29, 1.82) is 0 Å². The Balaban J connectivity index is 1.88. The Kier molecular flexibility index (Phi) is 5.08. The molecule has 0 unspecified atom stereocenters. The maximum absolute atomic E-state index is 13.0. The van der Waals surface area contributed by atoms with Gasteiger partial charge in [0.25, 0.3) is 5.56 Å². The summed E-state index contributed by atoms with van der Waals surface area (Å²) in [5.74, 6) is 0.0310. The average molecular weight is 355 g/mol. The number of benzene rings is 1. The number of H-pyrrole nitrogens is 2. The predicted octanol–water partition coefficient (Wildman–Crippen LogP) is 3.88. The highest BCUT2D eigenvalue weighted by Gasteiger charge is 2.23. The molecule has 0 saturated carbocycles. The first kappa shape index (κ1) is 17.5. The van der Waals surface area contributed by atoms with Gasteiger partial charge in [-0.05, 0) is 26.3 Å². The summed E-state index contributed by atoms with van der Waals surface area (Å²) >= 11 is 1.29. The van der Waals surface area contributed by atoms with Crippen molar-refractivity contribution in [3.8, 4) is 0 Å². The Bertz CT molecular complexity index is 974. The number of hydrogen-bond acceptors (Lipinski definition) is 4. The zero-order valence-corrected chi connectivity index (χ0v) is 15.4. The van der Waals surface area contributed by atoms with Crippen LogP contribution in [0.4, 0.5) is 0 Å². The van der Waals surface area contributed by atoms with Gasteiger partial charge in [0.2, 0.25) is 0 Å². The predicted molar refractivity (Wildman–Crippen MR) is 102 cm³/mol. The Labute approximate surface area is 150 Å². The number of para-hydroxylation sites is 1. The third-order valence-corrected chi connectivity index (χ3v) is 5.06. The number of carbonyl (C=O) groups excluding carboxylic acids is 1. The molecule has 3 rings (SSSR count). The molecule has 1 aromatic carbocycles. The Morgan fingerprint density at radius 2 is 2.04 bits per heavy atom. The number of Topliss-reactive ketones (excluding diaryl/α,β-unsaturated/α-hetero) is 1. The summed E-state index contributed by atoms with van der Waals surface area (Å²) in [6.45, 7) is 5.80. The molecule has 25 heavy (non-hydrogen) atoms. The summed E-state index contributed by atoms with van der Waals surface area (Å²) in [6, 6.07) is 9.30. The van der Waals surface area contributed by atoms with Crippen molar-refractivity contribution in [2.75, 3.05) is 0 Å². The lowest BCUT2D eigenvalue weighted by Crippen LogP contribution is -2.17. The van der Waals surface area contributed by atoms with Gasteiger partial charge in [-0.15, -0.1) is 0 Å². The molecule has 0 saturated heterocycles. The quantitative estimate of drug-likeness (QED) is 0.400. The number of hydrogen-bond donors (Lipinski definition) is 2. The van der Waals surface area contributed by atoms with Crippen LogP contribution in [0.3, 0.4) is 0 Å². The molecule has 0 fully saturated rings. The molecule has 5 nitrogen and oxygen atoms in total. The van der Waals surface area contributed by atoms with E-state index in [-0.39, 0.29) is 16.6 Å². The van der Waals surface area contributed by atoms with Crippen LogP contribution in [-0.2, 0) is 6.42 Å². The highest BCUT2D eigenvalue weighted by molar-refractivity contribution is 8.00. The lowest BCUT2D eigenvalue weighted by atomic mass is 10.1. The van der Waals surface area contributed by atoms with Gasteiger partial charge in [0.05, 0.1) is 5.25 Å². The molecule has 3 aromatic rings. The minimum atomic E-state index is -0.349. The van der Waals surface area contributed by atoms with Crippen molar-refractivity contribution in [2.24, 2.45) is 0 Å². The number of fused-ring (bicyclic) bond motifs is 1. The summed E-state index contributed by atoms with van der Waals surface area (Å²) in [4.78, 5) is 35.2. The molecular formula is C19H21N3O2S. The minimum Gasteiger partial charge on any atom is -0.358 e. The maximum Gasteiger partial charge on any atom is 0.251 e. The number of rotatable bonds is 6. The van der Waals surface area contributed by atoms with Crippen molar-refractivity contribution in [3.63, 3.8) is 0 Å². The zero-order chi connectivity index (χ0) is 18.0. The first-order valence-electron chi connectivity index (χ1n) is 8.38. The van der Waals surface area contributed by atoms with Crippen molar-refractivity contribution in [1.82, 2.24) is 15.0 Å². The molecule has 0 aliphatic carbocycles. The number of carbonyl (C=O) groups is 1. The summed E-state index contributed by atoms with van der Waals surface area (Å²) in [6.07, 6.45) is 1.67. The molecule has 6 heteroatoms. The second-order valence-corrected chi connectivity index (χ2v) is 7.42. The normalized spacial score (nSPS) is 12.4. The highest BCUT2D eigenvalue weighted by Crippen LogP contribution is 2.28. The second kappa shape index (κ2) is 7.27. The van der Waals surface area contributed by atoms with Crippen LogP contribution in [0.5, 0.6) is 0 Å². The molecule has 0 bridgehead atoms. The third kappa shape index (κ3) is 3.69. The molecule has 130 valence electrons. The van der Waals surface area contributed by atoms with Gasteiger partial charge in [-0.1, -0.05) is 43.3 Å². The van der Waals surface area contributed by atoms with E-state index in [1.54, 1.807) is 0 Å². The molecular weight excluding hydrogens is 334 g/mol. The van der Waals surface area contributed by atoms with E-state index in [4.69, 9.17) is 0 Å². The van der Waals surface area contributed by atoms with Gasteiger partial charge in [-0.2, -0.15) is 0 Å². The lowest BCUT2D eigenvalue weighted by molar-refractivity contribution is 0.0995. The van der Waals surface area contributed by atoms with Gasteiger partial charge < -0.3 is 9.97 Å². The number of nitrogens with one attached hydrogen (secondary N) is 2. The fourth-order valence-electron chi connectivity index (χ4n) is 2.94.